The van der Waals surface area contributed by atoms with Gasteiger partial charge < -0.3 is 9.88 Å². The number of hydrogen-bond acceptors (Lipinski definition) is 2. The summed E-state index contributed by atoms with van der Waals surface area (Å²) in [4.78, 5) is 4.61. The van der Waals surface area contributed by atoms with Gasteiger partial charge in [0.15, 0.2) is 0 Å². The molecule has 0 aromatic carbocycles. The maximum absolute atomic E-state index is 4.61. The van der Waals surface area contributed by atoms with Crippen LogP contribution in [0.5, 0.6) is 0 Å². The Balaban J connectivity index is 1.50. The van der Waals surface area contributed by atoms with Crippen LogP contribution in [-0.2, 0) is 0 Å². The topological polar surface area (TPSA) is 29.9 Å². The van der Waals surface area contributed by atoms with Gasteiger partial charge in [-0.15, -0.1) is 0 Å². The van der Waals surface area contributed by atoms with E-state index in [4.69, 9.17) is 0 Å². The second-order valence-corrected chi connectivity index (χ2v) is 6.06. The number of hydrogen-bond donors (Lipinski definition) is 1. The van der Waals surface area contributed by atoms with E-state index in [-0.39, 0.29) is 0 Å². The number of nitrogens with one attached hydrogen (secondary N) is 1. The highest BCUT2D eigenvalue weighted by Gasteiger charge is 2.26. The number of imidazole rings is 1. The molecule has 18 heavy (non-hydrogen) atoms. The molecule has 0 saturated heterocycles. The van der Waals surface area contributed by atoms with Crippen LogP contribution in [0.25, 0.3) is 0 Å². The third-order valence-electron chi connectivity index (χ3n) is 4.35. The van der Waals surface area contributed by atoms with Gasteiger partial charge in [0.2, 0.25) is 5.95 Å². The molecule has 3 heteroatoms. The van der Waals surface area contributed by atoms with Crippen molar-refractivity contribution in [3.8, 4) is 0 Å². The van der Waals surface area contributed by atoms with Gasteiger partial charge in [-0.1, -0.05) is 32.1 Å². The van der Waals surface area contributed by atoms with Crippen LogP contribution in [0.1, 0.15) is 63.1 Å². The fourth-order valence-corrected chi connectivity index (χ4v) is 3.14. The van der Waals surface area contributed by atoms with Gasteiger partial charge in [-0.2, -0.15) is 0 Å². The molecule has 1 N–H and O–H groups in total. The first-order chi connectivity index (χ1) is 8.83. The monoisotopic (exact) mass is 247 g/mol. The molecule has 100 valence electrons. The van der Waals surface area contributed by atoms with E-state index in [1.54, 1.807) is 0 Å². The molecule has 0 atom stereocenters. The maximum atomic E-state index is 4.61. The lowest BCUT2D eigenvalue weighted by Gasteiger charge is -2.21. The van der Waals surface area contributed by atoms with E-state index in [0.717, 1.165) is 30.1 Å². The Kier molecular flexibility index (Phi) is 3.57. The first-order valence-electron chi connectivity index (χ1n) is 7.62. The Morgan fingerprint density at radius 3 is 2.72 bits per heavy atom. The summed E-state index contributed by atoms with van der Waals surface area (Å²) in [5.74, 6) is 2.06. The molecular weight excluding hydrogens is 222 g/mol. The Hall–Kier alpha value is -0.990. The van der Waals surface area contributed by atoms with Crippen molar-refractivity contribution in [3.05, 3.63) is 11.9 Å². The number of anilines is 1. The highest BCUT2D eigenvalue weighted by molar-refractivity contribution is 5.30. The molecule has 2 aliphatic rings. The lowest BCUT2D eigenvalue weighted by molar-refractivity contribution is 0.345. The van der Waals surface area contributed by atoms with E-state index in [1.165, 1.54) is 51.4 Å². The van der Waals surface area contributed by atoms with E-state index < -0.39 is 0 Å². The van der Waals surface area contributed by atoms with Gasteiger partial charge in [0.1, 0.15) is 0 Å². The third kappa shape index (κ3) is 2.88. The molecule has 0 spiro atoms. The van der Waals surface area contributed by atoms with Gasteiger partial charge in [0.25, 0.3) is 0 Å². The van der Waals surface area contributed by atoms with Gasteiger partial charge in [-0.3, -0.25) is 0 Å². The quantitative estimate of drug-likeness (QED) is 0.855. The van der Waals surface area contributed by atoms with E-state index in [2.05, 4.69) is 28.0 Å². The zero-order chi connectivity index (χ0) is 12.4. The van der Waals surface area contributed by atoms with Gasteiger partial charge in [-0.05, 0) is 32.1 Å². The van der Waals surface area contributed by atoms with Crippen LogP contribution in [0, 0.1) is 12.8 Å². The maximum Gasteiger partial charge on any atom is 0.203 e. The fraction of sp³-hybridized carbons (Fsp3) is 0.800. The summed E-state index contributed by atoms with van der Waals surface area (Å²) in [5, 5.41) is 3.55. The summed E-state index contributed by atoms with van der Waals surface area (Å²) < 4.78 is 2.34. The molecular formula is C15H25N3. The molecule has 0 aliphatic heterocycles. The Labute approximate surface area is 110 Å². The number of aromatic nitrogens is 2. The van der Waals surface area contributed by atoms with Crippen LogP contribution in [0.2, 0.25) is 0 Å². The third-order valence-corrected chi connectivity index (χ3v) is 4.35. The van der Waals surface area contributed by atoms with Crippen molar-refractivity contribution in [2.75, 3.05) is 11.9 Å². The molecule has 0 amide bonds. The predicted octanol–water partition coefficient (Wildman–Crippen LogP) is 3.91. The molecule has 1 heterocycles. The molecule has 2 aliphatic carbocycles. The lowest BCUT2D eigenvalue weighted by Crippen LogP contribution is -2.14. The number of rotatable bonds is 5. The second kappa shape index (κ2) is 5.33. The van der Waals surface area contributed by atoms with E-state index in [9.17, 15) is 0 Å². The summed E-state index contributed by atoms with van der Waals surface area (Å²) in [6.45, 7) is 3.18. The van der Waals surface area contributed by atoms with Crippen LogP contribution in [0.15, 0.2) is 6.20 Å². The molecule has 3 nitrogen and oxygen atoms in total. The molecule has 0 bridgehead atoms. The standard InChI is InChI=1S/C15H25N3/c1-12-11-18(14-7-8-14)15(17-12)16-10-9-13-5-3-2-4-6-13/h11,13-14H,2-10H2,1H3,(H,16,17). The van der Waals surface area contributed by atoms with Gasteiger partial charge in [-0.25, -0.2) is 4.98 Å². The van der Waals surface area contributed by atoms with Crippen molar-refractivity contribution >= 4 is 5.95 Å². The number of aryl methyl sites for hydroxylation is 1. The highest BCUT2D eigenvalue weighted by Crippen LogP contribution is 2.37. The van der Waals surface area contributed by atoms with E-state index in [0.29, 0.717) is 0 Å². The first-order valence-corrected chi connectivity index (χ1v) is 7.62. The highest BCUT2D eigenvalue weighted by atomic mass is 15.2. The van der Waals surface area contributed by atoms with Gasteiger partial charge in [0.05, 0.1) is 5.69 Å². The SMILES string of the molecule is Cc1cn(C2CC2)c(NCCC2CCCCC2)n1. The van der Waals surface area contributed by atoms with Crippen molar-refractivity contribution in [2.24, 2.45) is 5.92 Å². The van der Waals surface area contributed by atoms with Crippen molar-refractivity contribution < 1.29 is 0 Å². The molecule has 1 aromatic rings. The summed E-state index contributed by atoms with van der Waals surface area (Å²) in [6.07, 6.45) is 13.4. The Morgan fingerprint density at radius 1 is 1.22 bits per heavy atom. The fourth-order valence-electron chi connectivity index (χ4n) is 3.14. The zero-order valence-corrected chi connectivity index (χ0v) is 11.5. The summed E-state index contributed by atoms with van der Waals surface area (Å²) in [5.41, 5.74) is 1.14. The van der Waals surface area contributed by atoms with Crippen LogP contribution in [0.3, 0.4) is 0 Å². The van der Waals surface area contributed by atoms with Crippen molar-refractivity contribution in [2.45, 2.75) is 64.3 Å². The number of nitrogens with zero attached hydrogens (tertiary/aromatic N) is 2. The van der Waals surface area contributed by atoms with E-state index in [1.807, 2.05) is 0 Å². The molecule has 1 aromatic heterocycles. The van der Waals surface area contributed by atoms with Crippen LogP contribution < -0.4 is 5.32 Å². The first kappa shape index (κ1) is 12.1. The second-order valence-electron chi connectivity index (χ2n) is 6.06. The zero-order valence-electron chi connectivity index (χ0n) is 11.5. The van der Waals surface area contributed by atoms with Crippen molar-refractivity contribution in [3.63, 3.8) is 0 Å². The smallest absolute Gasteiger partial charge is 0.203 e. The molecule has 2 saturated carbocycles. The Morgan fingerprint density at radius 2 is 2.00 bits per heavy atom. The normalized spacial score (nSPS) is 21.2. The van der Waals surface area contributed by atoms with Crippen LogP contribution in [-0.4, -0.2) is 16.1 Å². The summed E-state index contributed by atoms with van der Waals surface area (Å²) >= 11 is 0. The minimum atomic E-state index is 0.725. The predicted molar refractivity (Wildman–Crippen MR) is 74.9 cm³/mol. The van der Waals surface area contributed by atoms with Crippen LogP contribution in [0.4, 0.5) is 5.95 Å². The molecule has 0 unspecified atom stereocenters. The summed E-state index contributed by atoms with van der Waals surface area (Å²) in [7, 11) is 0. The average Bonchev–Trinajstić information content (AvgIpc) is 3.15. The molecule has 2 fully saturated rings. The van der Waals surface area contributed by atoms with Gasteiger partial charge in [0, 0.05) is 18.8 Å². The minimum Gasteiger partial charge on any atom is -0.356 e. The van der Waals surface area contributed by atoms with E-state index >= 15 is 0 Å². The Bertz CT molecular complexity index is 386. The average molecular weight is 247 g/mol. The lowest BCUT2D eigenvalue weighted by atomic mass is 9.87. The largest absolute Gasteiger partial charge is 0.356 e. The summed E-state index contributed by atoms with van der Waals surface area (Å²) in [6, 6.07) is 0.725. The van der Waals surface area contributed by atoms with Gasteiger partial charge >= 0.3 is 0 Å². The minimum absolute atomic E-state index is 0.725. The van der Waals surface area contributed by atoms with Crippen molar-refractivity contribution in [1.82, 2.24) is 9.55 Å². The van der Waals surface area contributed by atoms with Crippen LogP contribution >= 0.6 is 0 Å². The molecule has 0 radical (unpaired) electrons. The molecule has 3 rings (SSSR count). The van der Waals surface area contributed by atoms with Crippen molar-refractivity contribution in [1.29, 1.82) is 0 Å².